The number of thioether (sulfide) groups is 1. The molecule has 1 aromatic carbocycles. The van der Waals surface area contributed by atoms with E-state index >= 15 is 0 Å². The quantitative estimate of drug-likeness (QED) is 0.670. The molecule has 0 aliphatic carbocycles. The second-order valence-corrected chi connectivity index (χ2v) is 5.27. The summed E-state index contributed by atoms with van der Waals surface area (Å²) in [6.07, 6.45) is -1.50. The predicted molar refractivity (Wildman–Crippen MR) is 78.2 cm³/mol. The molecule has 1 heterocycles. The lowest BCUT2D eigenvalue weighted by molar-refractivity contribution is -0.137. The minimum Gasteiger partial charge on any atom is -0.321 e. The fourth-order valence-corrected chi connectivity index (χ4v) is 2.09. The smallest absolute Gasteiger partial charge is 0.321 e. The van der Waals surface area contributed by atoms with Crippen LogP contribution < -0.4 is 5.32 Å². The van der Waals surface area contributed by atoms with Gasteiger partial charge in [0.1, 0.15) is 0 Å². The number of halogens is 4. The van der Waals surface area contributed by atoms with E-state index in [1.54, 1.807) is 6.26 Å². The van der Waals surface area contributed by atoms with Crippen molar-refractivity contribution in [2.24, 2.45) is 0 Å². The zero-order valence-corrected chi connectivity index (χ0v) is 12.7. The van der Waals surface area contributed by atoms with Crippen molar-refractivity contribution in [2.75, 3.05) is 11.6 Å². The van der Waals surface area contributed by atoms with Crippen LogP contribution in [0.3, 0.4) is 0 Å². The molecule has 2 aromatic rings. The molecule has 116 valence electrons. The standard InChI is InChI=1S/C13H9ClF3N3OS/c1-22-12-18-6-9(14)10(20-12)11(21)19-8-4-2-3-7(5-8)13(15,16)17/h2-6H,1H3,(H,19,21). The average Bonchev–Trinajstić information content (AvgIpc) is 2.47. The number of nitrogens with one attached hydrogen (secondary N) is 1. The number of benzene rings is 1. The zero-order valence-electron chi connectivity index (χ0n) is 11.1. The number of hydrogen-bond acceptors (Lipinski definition) is 4. The molecule has 22 heavy (non-hydrogen) atoms. The van der Waals surface area contributed by atoms with Gasteiger partial charge in [0.05, 0.1) is 16.8 Å². The molecule has 4 nitrogen and oxygen atoms in total. The van der Waals surface area contributed by atoms with Gasteiger partial charge in [-0.05, 0) is 24.5 Å². The van der Waals surface area contributed by atoms with Crippen molar-refractivity contribution in [1.29, 1.82) is 0 Å². The number of hydrogen-bond donors (Lipinski definition) is 1. The van der Waals surface area contributed by atoms with Crippen LogP contribution >= 0.6 is 23.4 Å². The van der Waals surface area contributed by atoms with Gasteiger partial charge < -0.3 is 5.32 Å². The number of anilines is 1. The molecule has 2 rings (SSSR count). The molecule has 0 bridgehead atoms. The molecule has 0 aliphatic rings. The topological polar surface area (TPSA) is 54.9 Å². The predicted octanol–water partition coefficient (Wildman–Crippen LogP) is 4.12. The number of carbonyl (C=O) groups is 1. The van der Waals surface area contributed by atoms with Crippen molar-refractivity contribution in [3.8, 4) is 0 Å². The lowest BCUT2D eigenvalue weighted by Crippen LogP contribution is -2.16. The molecule has 9 heteroatoms. The van der Waals surface area contributed by atoms with Gasteiger partial charge in [0, 0.05) is 5.69 Å². The van der Waals surface area contributed by atoms with Crippen molar-refractivity contribution in [3.63, 3.8) is 0 Å². The van der Waals surface area contributed by atoms with E-state index in [0.29, 0.717) is 5.16 Å². The first-order chi connectivity index (χ1) is 10.3. The maximum Gasteiger partial charge on any atom is 0.416 e. The Balaban J connectivity index is 2.26. The van der Waals surface area contributed by atoms with Crippen molar-refractivity contribution < 1.29 is 18.0 Å². The highest BCUT2D eigenvalue weighted by molar-refractivity contribution is 7.98. The maximum atomic E-state index is 12.6. The third kappa shape index (κ3) is 3.89. The first-order valence-electron chi connectivity index (χ1n) is 5.86. The van der Waals surface area contributed by atoms with E-state index in [2.05, 4.69) is 15.3 Å². The Labute approximate surface area is 133 Å². The van der Waals surface area contributed by atoms with Crippen molar-refractivity contribution >= 4 is 35.0 Å². The minimum atomic E-state index is -4.49. The molecule has 0 spiro atoms. The van der Waals surface area contributed by atoms with E-state index in [1.165, 1.54) is 30.1 Å². The molecular weight excluding hydrogens is 339 g/mol. The number of amides is 1. The normalized spacial score (nSPS) is 11.3. The van der Waals surface area contributed by atoms with Crippen LogP contribution in [0.25, 0.3) is 0 Å². The highest BCUT2D eigenvalue weighted by atomic mass is 35.5. The van der Waals surface area contributed by atoms with Gasteiger partial charge >= 0.3 is 6.18 Å². The second kappa shape index (κ2) is 6.53. The van der Waals surface area contributed by atoms with E-state index in [-0.39, 0.29) is 16.4 Å². The van der Waals surface area contributed by atoms with Crippen LogP contribution in [0.15, 0.2) is 35.6 Å². The van der Waals surface area contributed by atoms with E-state index in [4.69, 9.17) is 11.6 Å². The first kappa shape index (κ1) is 16.6. The third-order valence-corrected chi connectivity index (χ3v) is 3.41. The van der Waals surface area contributed by atoms with Gasteiger partial charge in [-0.3, -0.25) is 4.79 Å². The molecular formula is C13H9ClF3N3OS. The molecule has 1 aromatic heterocycles. The summed E-state index contributed by atoms with van der Waals surface area (Å²) in [6, 6.07) is 4.30. The molecule has 0 atom stereocenters. The lowest BCUT2D eigenvalue weighted by atomic mass is 10.2. The number of alkyl halides is 3. The Hall–Kier alpha value is -1.80. The van der Waals surface area contributed by atoms with E-state index in [0.717, 1.165) is 12.1 Å². The number of rotatable bonds is 3. The molecule has 1 N–H and O–H groups in total. The van der Waals surface area contributed by atoms with Crippen molar-refractivity contribution in [3.05, 3.63) is 46.7 Å². The van der Waals surface area contributed by atoms with Crippen LogP contribution in [0.4, 0.5) is 18.9 Å². The summed E-state index contributed by atoms with van der Waals surface area (Å²) >= 11 is 7.05. The van der Waals surface area contributed by atoms with Crippen LogP contribution in [0.2, 0.25) is 5.02 Å². The van der Waals surface area contributed by atoms with E-state index < -0.39 is 17.6 Å². The zero-order chi connectivity index (χ0) is 16.3. The largest absolute Gasteiger partial charge is 0.416 e. The minimum absolute atomic E-state index is 0.000190. The Morgan fingerprint density at radius 2 is 2.09 bits per heavy atom. The van der Waals surface area contributed by atoms with Crippen molar-refractivity contribution in [2.45, 2.75) is 11.3 Å². The lowest BCUT2D eigenvalue weighted by Gasteiger charge is -2.10. The summed E-state index contributed by atoms with van der Waals surface area (Å²) in [4.78, 5) is 19.9. The van der Waals surface area contributed by atoms with Gasteiger partial charge in [-0.15, -0.1) is 0 Å². The summed E-state index contributed by atoms with van der Waals surface area (Å²) in [7, 11) is 0. The van der Waals surface area contributed by atoms with Crippen LogP contribution in [0, 0.1) is 0 Å². The Bertz CT molecular complexity index is 709. The summed E-state index contributed by atoms with van der Waals surface area (Å²) in [5.74, 6) is -0.706. The van der Waals surface area contributed by atoms with Crippen molar-refractivity contribution in [1.82, 2.24) is 9.97 Å². The van der Waals surface area contributed by atoms with Crippen LogP contribution in [0.5, 0.6) is 0 Å². The maximum absolute atomic E-state index is 12.6. The Morgan fingerprint density at radius 1 is 1.36 bits per heavy atom. The highest BCUT2D eigenvalue weighted by Gasteiger charge is 2.30. The number of aromatic nitrogens is 2. The third-order valence-electron chi connectivity index (χ3n) is 2.57. The average molecular weight is 348 g/mol. The Kier molecular flexibility index (Phi) is 4.92. The SMILES string of the molecule is CSc1ncc(Cl)c(C(=O)Nc2cccc(C(F)(F)F)c2)n1. The van der Waals surface area contributed by atoms with E-state index in [1.807, 2.05) is 0 Å². The summed E-state index contributed by atoms with van der Waals surface area (Å²) in [6.45, 7) is 0. The van der Waals surface area contributed by atoms with Crippen LogP contribution in [0.1, 0.15) is 16.1 Å². The molecule has 0 fully saturated rings. The summed E-state index contributed by atoms with van der Waals surface area (Å²) in [5, 5.41) is 2.69. The monoisotopic (exact) mass is 347 g/mol. The molecule has 0 aliphatic heterocycles. The molecule has 0 saturated heterocycles. The van der Waals surface area contributed by atoms with Crippen LogP contribution in [-0.2, 0) is 6.18 Å². The fraction of sp³-hybridized carbons (Fsp3) is 0.154. The fourth-order valence-electron chi connectivity index (χ4n) is 1.57. The van der Waals surface area contributed by atoms with Gasteiger partial charge in [-0.1, -0.05) is 29.4 Å². The first-order valence-corrected chi connectivity index (χ1v) is 7.46. The van der Waals surface area contributed by atoms with Crippen LogP contribution in [-0.4, -0.2) is 22.1 Å². The summed E-state index contributed by atoms with van der Waals surface area (Å²) in [5.41, 5.74) is -0.956. The van der Waals surface area contributed by atoms with Gasteiger partial charge in [0.25, 0.3) is 5.91 Å². The molecule has 0 saturated carbocycles. The summed E-state index contributed by atoms with van der Waals surface area (Å²) < 4.78 is 37.9. The second-order valence-electron chi connectivity index (χ2n) is 4.09. The van der Waals surface area contributed by atoms with Gasteiger partial charge in [0.2, 0.25) is 0 Å². The van der Waals surface area contributed by atoms with Gasteiger partial charge in [-0.25, -0.2) is 9.97 Å². The number of carbonyl (C=O) groups excluding carboxylic acids is 1. The molecule has 0 radical (unpaired) electrons. The Morgan fingerprint density at radius 3 is 2.73 bits per heavy atom. The van der Waals surface area contributed by atoms with Gasteiger partial charge in [-0.2, -0.15) is 13.2 Å². The number of nitrogens with zero attached hydrogens (tertiary/aromatic N) is 2. The highest BCUT2D eigenvalue weighted by Crippen LogP contribution is 2.30. The van der Waals surface area contributed by atoms with Gasteiger partial charge in [0.15, 0.2) is 10.9 Å². The van der Waals surface area contributed by atoms with E-state index in [9.17, 15) is 18.0 Å². The molecule has 1 amide bonds. The molecule has 0 unspecified atom stereocenters.